The average molecular weight is 326 g/mol. The van der Waals surface area contributed by atoms with Gasteiger partial charge in [-0.2, -0.15) is 9.47 Å². The Morgan fingerprint density at radius 1 is 1.33 bits per heavy atom. The van der Waals surface area contributed by atoms with Crippen LogP contribution in [0.25, 0.3) is 0 Å². The molecule has 2 N–H and O–H groups in total. The van der Waals surface area contributed by atoms with Crippen molar-refractivity contribution < 1.29 is 0 Å². The number of H-pyrrole nitrogens is 1. The van der Waals surface area contributed by atoms with Crippen LogP contribution in [-0.4, -0.2) is 30.7 Å². The van der Waals surface area contributed by atoms with E-state index in [2.05, 4.69) is 52.6 Å². The molecule has 0 fully saturated rings. The molecule has 0 spiro atoms. The summed E-state index contributed by atoms with van der Waals surface area (Å²) in [7, 11) is 0. The molecule has 8 heteroatoms. The molecule has 0 bridgehead atoms. The van der Waals surface area contributed by atoms with Crippen LogP contribution in [0.2, 0.25) is 0 Å². The Bertz CT molecular complexity index is 625. The normalized spacial score (nSPS) is 11.5. The van der Waals surface area contributed by atoms with Crippen molar-refractivity contribution in [1.82, 2.24) is 24.1 Å². The van der Waals surface area contributed by atoms with Crippen LogP contribution in [0.15, 0.2) is 0 Å². The first-order valence-corrected chi connectivity index (χ1v) is 8.37. The van der Waals surface area contributed by atoms with Crippen molar-refractivity contribution >= 4 is 28.9 Å². The van der Waals surface area contributed by atoms with E-state index in [9.17, 15) is 0 Å². The number of rotatable bonds is 7. The molecular formula is C13H22N6S2. The van der Waals surface area contributed by atoms with Crippen LogP contribution in [0.5, 0.6) is 0 Å². The van der Waals surface area contributed by atoms with E-state index in [1.54, 1.807) is 0 Å². The minimum absolute atomic E-state index is 0.345. The van der Waals surface area contributed by atoms with Crippen LogP contribution < -0.4 is 5.32 Å². The number of hydrogen-bond acceptors (Lipinski definition) is 6. The summed E-state index contributed by atoms with van der Waals surface area (Å²) < 4.78 is 7.05. The number of hydrogen-bond donors (Lipinski definition) is 2. The Morgan fingerprint density at radius 2 is 2.10 bits per heavy atom. The van der Waals surface area contributed by atoms with Crippen molar-refractivity contribution in [3.63, 3.8) is 0 Å². The van der Waals surface area contributed by atoms with Gasteiger partial charge in [0.15, 0.2) is 4.77 Å². The lowest BCUT2D eigenvalue weighted by molar-refractivity contribution is 0.625. The van der Waals surface area contributed by atoms with Gasteiger partial charge in [-0.1, -0.05) is 27.7 Å². The van der Waals surface area contributed by atoms with Crippen molar-refractivity contribution in [2.45, 2.75) is 46.6 Å². The summed E-state index contributed by atoms with van der Waals surface area (Å²) in [4.78, 5) is 4.49. The third-order valence-electron chi connectivity index (χ3n) is 2.97. The van der Waals surface area contributed by atoms with Crippen LogP contribution in [0.3, 0.4) is 0 Å². The number of nitrogens with zero attached hydrogens (tertiary/aromatic N) is 4. The molecule has 0 aliphatic rings. The maximum atomic E-state index is 5.27. The predicted molar refractivity (Wildman–Crippen MR) is 88.4 cm³/mol. The zero-order valence-corrected chi connectivity index (χ0v) is 14.5. The lowest BCUT2D eigenvalue weighted by Crippen LogP contribution is -2.14. The summed E-state index contributed by atoms with van der Waals surface area (Å²) in [5.74, 6) is 2.82. The lowest BCUT2D eigenvalue weighted by atomic mass is 10.1. The summed E-state index contributed by atoms with van der Waals surface area (Å²) in [6.45, 7) is 10.1. The largest absolute Gasteiger partial charge is 0.358 e. The van der Waals surface area contributed by atoms with E-state index < -0.39 is 0 Å². The summed E-state index contributed by atoms with van der Waals surface area (Å²) >= 11 is 6.68. The standard InChI is InChI=1S/C13H22N6S2/c1-8(2)7-10-15-12(21-18-10)14-5-6-19-11(9(3)4)16-17-13(19)20/h8-9H,5-7H2,1-4H3,(H,17,20)(H,14,15,18). The molecule has 0 saturated heterocycles. The highest BCUT2D eigenvalue weighted by Crippen LogP contribution is 2.14. The van der Waals surface area contributed by atoms with Crippen LogP contribution in [0.1, 0.15) is 45.3 Å². The van der Waals surface area contributed by atoms with E-state index in [1.165, 1.54) is 11.5 Å². The SMILES string of the molecule is CC(C)Cc1nsc(NCCn2c(C(C)C)n[nH]c2=S)n1. The summed E-state index contributed by atoms with van der Waals surface area (Å²) in [5, 5.41) is 11.3. The van der Waals surface area contributed by atoms with Crippen molar-refractivity contribution in [2.75, 3.05) is 11.9 Å². The summed E-state index contributed by atoms with van der Waals surface area (Å²) in [5.41, 5.74) is 0. The molecule has 0 atom stereocenters. The van der Waals surface area contributed by atoms with Gasteiger partial charge in [0.25, 0.3) is 0 Å². The molecule has 0 aromatic carbocycles. The fourth-order valence-electron chi connectivity index (χ4n) is 2.04. The van der Waals surface area contributed by atoms with Gasteiger partial charge in [-0.25, -0.2) is 4.98 Å². The Labute approximate surface area is 134 Å². The number of nitrogens with one attached hydrogen (secondary N) is 2. The Kier molecular flexibility index (Phi) is 5.46. The topological polar surface area (TPSA) is 71.4 Å². The second-order valence-electron chi connectivity index (χ2n) is 5.73. The minimum Gasteiger partial charge on any atom is -0.358 e. The molecular weight excluding hydrogens is 304 g/mol. The highest BCUT2D eigenvalue weighted by Gasteiger charge is 2.10. The fraction of sp³-hybridized carbons (Fsp3) is 0.692. The Balaban J connectivity index is 1.91. The fourth-order valence-corrected chi connectivity index (χ4v) is 2.89. The van der Waals surface area contributed by atoms with E-state index in [-0.39, 0.29) is 0 Å². The molecule has 2 heterocycles. The monoisotopic (exact) mass is 326 g/mol. The van der Waals surface area contributed by atoms with Crippen LogP contribution in [0, 0.1) is 10.7 Å². The highest BCUT2D eigenvalue weighted by atomic mass is 32.1. The van der Waals surface area contributed by atoms with Crippen molar-refractivity contribution in [3.05, 3.63) is 16.4 Å². The van der Waals surface area contributed by atoms with Gasteiger partial charge in [0, 0.05) is 37.0 Å². The molecule has 2 aromatic heterocycles. The smallest absolute Gasteiger partial charge is 0.202 e. The molecule has 2 aromatic rings. The minimum atomic E-state index is 0.345. The number of aromatic nitrogens is 5. The first-order chi connectivity index (χ1) is 9.97. The second kappa shape index (κ2) is 7.13. The molecule has 0 aliphatic carbocycles. The van der Waals surface area contributed by atoms with E-state index >= 15 is 0 Å². The van der Waals surface area contributed by atoms with Crippen molar-refractivity contribution in [3.8, 4) is 0 Å². The van der Waals surface area contributed by atoms with Gasteiger partial charge in [-0.15, -0.1) is 0 Å². The molecule has 0 aliphatic heterocycles. The van der Waals surface area contributed by atoms with Gasteiger partial charge in [-0.3, -0.25) is 5.10 Å². The molecule has 21 heavy (non-hydrogen) atoms. The third kappa shape index (κ3) is 4.34. The van der Waals surface area contributed by atoms with Gasteiger partial charge in [0.05, 0.1) is 0 Å². The van der Waals surface area contributed by atoms with E-state index in [0.29, 0.717) is 16.6 Å². The first-order valence-electron chi connectivity index (χ1n) is 7.19. The summed E-state index contributed by atoms with van der Waals surface area (Å²) in [6, 6.07) is 0. The van der Waals surface area contributed by atoms with Crippen LogP contribution >= 0.6 is 23.8 Å². The zero-order chi connectivity index (χ0) is 15.4. The number of aromatic amines is 1. The zero-order valence-electron chi connectivity index (χ0n) is 12.9. The van der Waals surface area contributed by atoms with E-state index in [1.807, 2.05) is 4.57 Å². The molecule has 0 saturated carbocycles. The molecule has 0 unspecified atom stereocenters. The molecule has 116 valence electrons. The van der Waals surface area contributed by atoms with Crippen LogP contribution in [-0.2, 0) is 13.0 Å². The average Bonchev–Trinajstić information content (AvgIpc) is 2.97. The molecule has 0 radical (unpaired) electrons. The second-order valence-corrected chi connectivity index (χ2v) is 6.87. The molecule has 0 amide bonds. The quantitative estimate of drug-likeness (QED) is 0.764. The Hall–Kier alpha value is -1.28. The lowest BCUT2D eigenvalue weighted by Gasteiger charge is -2.09. The predicted octanol–water partition coefficient (Wildman–Crippen LogP) is 3.23. The van der Waals surface area contributed by atoms with Gasteiger partial charge in [0.1, 0.15) is 11.6 Å². The van der Waals surface area contributed by atoms with Crippen LogP contribution in [0.4, 0.5) is 5.13 Å². The number of anilines is 1. The first kappa shape index (κ1) is 16.1. The highest BCUT2D eigenvalue weighted by molar-refractivity contribution is 7.71. The van der Waals surface area contributed by atoms with Gasteiger partial charge < -0.3 is 9.88 Å². The van der Waals surface area contributed by atoms with Gasteiger partial charge >= 0.3 is 0 Å². The maximum absolute atomic E-state index is 5.27. The van der Waals surface area contributed by atoms with Gasteiger partial charge in [0.2, 0.25) is 5.13 Å². The molecule has 2 rings (SSSR count). The molecule has 6 nitrogen and oxygen atoms in total. The van der Waals surface area contributed by atoms with Crippen molar-refractivity contribution in [1.29, 1.82) is 0 Å². The van der Waals surface area contributed by atoms with Crippen molar-refractivity contribution in [2.24, 2.45) is 5.92 Å². The third-order valence-corrected chi connectivity index (χ3v) is 4.00. The Morgan fingerprint density at radius 3 is 2.76 bits per heavy atom. The van der Waals surface area contributed by atoms with Gasteiger partial charge in [-0.05, 0) is 18.1 Å². The summed E-state index contributed by atoms with van der Waals surface area (Å²) in [6.07, 6.45) is 0.919. The maximum Gasteiger partial charge on any atom is 0.202 e. The van der Waals surface area contributed by atoms with E-state index in [0.717, 1.165) is 36.3 Å². The van der Waals surface area contributed by atoms with E-state index in [4.69, 9.17) is 12.2 Å².